The first-order valence-electron chi connectivity index (χ1n) is 9.57. The van der Waals surface area contributed by atoms with Gasteiger partial charge in [-0.1, -0.05) is 13.0 Å². The molecular formula is C21H27ClN2O5S. The number of nitrogens with one attached hydrogen (secondary N) is 1. The Morgan fingerprint density at radius 3 is 2.70 bits per heavy atom. The summed E-state index contributed by atoms with van der Waals surface area (Å²) in [4.78, 5) is 28.3. The molecule has 30 heavy (non-hydrogen) atoms. The summed E-state index contributed by atoms with van der Waals surface area (Å²) in [6, 6.07) is 7.05. The molecule has 7 nitrogen and oxygen atoms in total. The number of hydrogen-bond donors (Lipinski definition) is 1. The standard InChI is InChI=1S/C21H26N2O5S.ClH/c1-4-9-23-10-8-16-17(12-23)29-20(19(16)21(25)27-3)22-18(24)13-28-15-7-5-6-14(11-15)26-2;/h5-7,11H,4,8-10,12-13H2,1-3H3,(H,22,24);1H. The Hall–Kier alpha value is -2.29. The third-order valence-corrected chi connectivity index (χ3v) is 5.86. The van der Waals surface area contributed by atoms with Crippen LogP contribution < -0.4 is 14.8 Å². The van der Waals surface area contributed by atoms with Gasteiger partial charge in [-0.15, -0.1) is 23.7 Å². The highest BCUT2D eigenvalue weighted by Crippen LogP contribution is 2.37. The predicted octanol–water partition coefficient (Wildman–Crippen LogP) is 3.75. The van der Waals surface area contributed by atoms with Crippen molar-refractivity contribution in [2.24, 2.45) is 0 Å². The zero-order chi connectivity index (χ0) is 20.8. The van der Waals surface area contributed by atoms with Gasteiger partial charge in [0.05, 0.1) is 19.8 Å². The SMILES string of the molecule is CCCN1CCc2c(sc(NC(=O)COc3cccc(OC)c3)c2C(=O)OC)C1.Cl. The number of fused-ring (bicyclic) bond motifs is 1. The molecule has 164 valence electrons. The number of hydrogen-bond acceptors (Lipinski definition) is 7. The lowest BCUT2D eigenvalue weighted by Gasteiger charge is -2.26. The van der Waals surface area contributed by atoms with Crippen LogP contribution in [0.1, 0.15) is 34.1 Å². The van der Waals surface area contributed by atoms with E-state index in [2.05, 4.69) is 17.1 Å². The zero-order valence-electron chi connectivity index (χ0n) is 17.4. The summed E-state index contributed by atoms with van der Waals surface area (Å²) in [7, 11) is 2.93. The fraction of sp³-hybridized carbons (Fsp3) is 0.429. The molecule has 1 aliphatic rings. The molecule has 0 bridgehead atoms. The summed E-state index contributed by atoms with van der Waals surface area (Å²) in [6.45, 7) is 4.68. The summed E-state index contributed by atoms with van der Waals surface area (Å²) >= 11 is 1.44. The lowest BCUT2D eigenvalue weighted by Crippen LogP contribution is -2.30. The Morgan fingerprint density at radius 2 is 2.00 bits per heavy atom. The maximum atomic E-state index is 12.5. The minimum atomic E-state index is -0.421. The maximum Gasteiger partial charge on any atom is 0.341 e. The molecule has 3 rings (SSSR count). The second-order valence-corrected chi connectivity index (χ2v) is 7.85. The van der Waals surface area contributed by atoms with Gasteiger partial charge in [0.2, 0.25) is 0 Å². The molecule has 1 aromatic heterocycles. The van der Waals surface area contributed by atoms with E-state index in [4.69, 9.17) is 14.2 Å². The van der Waals surface area contributed by atoms with Crippen molar-refractivity contribution in [3.05, 3.63) is 40.3 Å². The molecule has 1 aliphatic heterocycles. The molecule has 0 fully saturated rings. The summed E-state index contributed by atoms with van der Waals surface area (Å²) in [5.41, 5.74) is 1.46. The lowest BCUT2D eigenvalue weighted by molar-refractivity contribution is -0.118. The van der Waals surface area contributed by atoms with E-state index < -0.39 is 5.97 Å². The van der Waals surface area contributed by atoms with E-state index in [1.807, 2.05) is 0 Å². The second kappa shape index (κ2) is 11.2. The van der Waals surface area contributed by atoms with E-state index in [1.165, 1.54) is 18.4 Å². The normalized spacial score (nSPS) is 13.0. The number of halogens is 1. The van der Waals surface area contributed by atoms with Gasteiger partial charge in [0.15, 0.2) is 6.61 Å². The number of carbonyl (C=O) groups is 2. The number of benzene rings is 1. The molecule has 1 amide bonds. The number of esters is 1. The van der Waals surface area contributed by atoms with E-state index in [-0.39, 0.29) is 24.9 Å². The van der Waals surface area contributed by atoms with Crippen LogP contribution in [0, 0.1) is 0 Å². The lowest BCUT2D eigenvalue weighted by atomic mass is 10.0. The molecule has 0 aliphatic carbocycles. The highest BCUT2D eigenvalue weighted by atomic mass is 35.5. The van der Waals surface area contributed by atoms with Crippen molar-refractivity contribution in [2.75, 3.05) is 39.2 Å². The van der Waals surface area contributed by atoms with Crippen molar-refractivity contribution in [3.63, 3.8) is 0 Å². The highest BCUT2D eigenvalue weighted by molar-refractivity contribution is 7.17. The maximum absolute atomic E-state index is 12.5. The van der Waals surface area contributed by atoms with Crippen LogP contribution in [0.4, 0.5) is 5.00 Å². The molecule has 2 heterocycles. The molecule has 1 aromatic carbocycles. The summed E-state index contributed by atoms with van der Waals surface area (Å²) in [5.74, 6) is 0.435. The van der Waals surface area contributed by atoms with Crippen LogP contribution in [0.2, 0.25) is 0 Å². The Bertz CT molecular complexity index is 886. The average molecular weight is 455 g/mol. The molecule has 1 N–H and O–H groups in total. The molecule has 0 unspecified atom stereocenters. The van der Waals surface area contributed by atoms with Crippen molar-refractivity contribution in [1.29, 1.82) is 0 Å². The zero-order valence-corrected chi connectivity index (χ0v) is 19.0. The average Bonchev–Trinajstić information content (AvgIpc) is 3.09. The summed E-state index contributed by atoms with van der Waals surface area (Å²) in [6.07, 6.45) is 1.85. The summed E-state index contributed by atoms with van der Waals surface area (Å²) in [5, 5.41) is 3.36. The van der Waals surface area contributed by atoms with Crippen molar-refractivity contribution >= 4 is 40.6 Å². The van der Waals surface area contributed by atoms with Gasteiger partial charge >= 0.3 is 5.97 Å². The highest BCUT2D eigenvalue weighted by Gasteiger charge is 2.29. The first-order chi connectivity index (χ1) is 14.0. The fourth-order valence-electron chi connectivity index (χ4n) is 3.37. The number of rotatable bonds is 8. The predicted molar refractivity (Wildman–Crippen MR) is 119 cm³/mol. The molecule has 0 radical (unpaired) electrons. The first kappa shape index (κ1) is 24.0. The Kier molecular flexibility index (Phi) is 8.95. The van der Waals surface area contributed by atoms with Crippen LogP contribution in [-0.4, -0.2) is 50.7 Å². The number of carbonyl (C=O) groups excluding carboxylic acids is 2. The van der Waals surface area contributed by atoms with Crippen molar-refractivity contribution in [1.82, 2.24) is 4.90 Å². The van der Waals surface area contributed by atoms with Gasteiger partial charge in [-0.25, -0.2) is 4.79 Å². The molecule has 0 saturated carbocycles. The van der Waals surface area contributed by atoms with Gasteiger partial charge < -0.3 is 19.5 Å². The largest absolute Gasteiger partial charge is 0.497 e. The Balaban J connectivity index is 0.00000320. The van der Waals surface area contributed by atoms with Crippen molar-refractivity contribution in [2.45, 2.75) is 26.3 Å². The van der Waals surface area contributed by atoms with Gasteiger partial charge in [-0.3, -0.25) is 9.69 Å². The Labute approximate surface area is 186 Å². The molecular weight excluding hydrogens is 428 g/mol. The van der Waals surface area contributed by atoms with Crippen LogP contribution in [0.25, 0.3) is 0 Å². The molecule has 9 heteroatoms. The number of ether oxygens (including phenoxy) is 3. The molecule has 2 aromatic rings. The van der Waals surface area contributed by atoms with Gasteiger partial charge in [-0.05, 0) is 37.1 Å². The van der Waals surface area contributed by atoms with E-state index >= 15 is 0 Å². The van der Waals surface area contributed by atoms with E-state index in [9.17, 15) is 9.59 Å². The number of anilines is 1. The van der Waals surface area contributed by atoms with Gasteiger partial charge in [0.1, 0.15) is 16.5 Å². The van der Waals surface area contributed by atoms with Crippen LogP contribution >= 0.6 is 23.7 Å². The smallest absolute Gasteiger partial charge is 0.341 e. The van der Waals surface area contributed by atoms with Gasteiger partial charge in [0, 0.05) is 24.0 Å². The number of methoxy groups -OCH3 is 2. The first-order valence-corrected chi connectivity index (χ1v) is 10.4. The molecule has 0 atom stereocenters. The quantitative estimate of drug-likeness (QED) is 0.612. The van der Waals surface area contributed by atoms with E-state index in [1.54, 1.807) is 31.4 Å². The Morgan fingerprint density at radius 1 is 1.23 bits per heavy atom. The third kappa shape index (κ3) is 5.65. The van der Waals surface area contributed by atoms with Gasteiger partial charge in [0.25, 0.3) is 5.91 Å². The fourth-order valence-corrected chi connectivity index (χ4v) is 4.67. The second-order valence-electron chi connectivity index (χ2n) is 6.74. The number of nitrogens with zero attached hydrogens (tertiary/aromatic N) is 1. The van der Waals surface area contributed by atoms with E-state index in [0.717, 1.165) is 42.9 Å². The summed E-state index contributed by atoms with van der Waals surface area (Å²) < 4.78 is 15.7. The van der Waals surface area contributed by atoms with Crippen LogP contribution in [0.5, 0.6) is 11.5 Å². The van der Waals surface area contributed by atoms with Crippen LogP contribution in [0.3, 0.4) is 0 Å². The monoisotopic (exact) mass is 454 g/mol. The molecule has 0 spiro atoms. The topological polar surface area (TPSA) is 77.1 Å². The van der Waals surface area contributed by atoms with E-state index in [0.29, 0.717) is 22.1 Å². The van der Waals surface area contributed by atoms with Crippen LogP contribution in [-0.2, 0) is 22.5 Å². The van der Waals surface area contributed by atoms with Crippen molar-refractivity contribution in [3.8, 4) is 11.5 Å². The number of thiophene rings is 1. The minimum absolute atomic E-state index is 0. The molecule has 0 saturated heterocycles. The third-order valence-electron chi connectivity index (χ3n) is 4.73. The minimum Gasteiger partial charge on any atom is -0.497 e. The van der Waals surface area contributed by atoms with Crippen LogP contribution in [0.15, 0.2) is 24.3 Å². The van der Waals surface area contributed by atoms with Crippen molar-refractivity contribution < 1.29 is 23.8 Å². The number of amides is 1. The van der Waals surface area contributed by atoms with Gasteiger partial charge in [-0.2, -0.15) is 0 Å².